The van der Waals surface area contributed by atoms with Crippen LogP contribution in [0.5, 0.6) is 0 Å². The van der Waals surface area contributed by atoms with E-state index >= 15 is 0 Å². The zero-order valence-corrected chi connectivity index (χ0v) is 12.7. The highest BCUT2D eigenvalue weighted by atomic mass is 16.1. The van der Waals surface area contributed by atoms with Crippen LogP contribution in [0.1, 0.15) is 49.2 Å². The Labute approximate surface area is 120 Å². The lowest BCUT2D eigenvalue weighted by atomic mass is 9.96. The minimum absolute atomic E-state index is 0.0366. The minimum atomic E-state index is 0.0366. The molecule has 0 aromatic heterocycles. The fourth-order valence-electron chi connectivity index (χ4n) is 1.99. The van der Waals surface area contributed by atoms with Gasteiger partial charge in [-0.1, -0.05) is 13.8 Å². The van der Waals surface area contributed by atoms with E-state index in [1.807, 2.05) is 19.1 Å². The number of Topliss-reactive ketones (excluding diaryl/α,β-unsaturated/α-hetero) is 1. The van der Waals surface area contributed by atoms with Gasteiger partial charge in [-0.25, -0.2) is 0 Å². The van der Waals surface area contributed by atoms with Crippen molar-refractivity contribution in [3.8, 4) is 0 Å². The van der Waals surface area contributed by atoms with Crippen LogP contribution in [0.2, 0.25) is 0 Å². The van der Waals surface area contributed by atoms with Crippen LogP contribution in [-0.2, 0) is 6.42 Å². The molecule has 0 atom stereocenters. The number of nitrogens with one attached hydrogen (secondary N) is 1. The first-order chi connectivity index (χ1) is 9.29. The highest BCUT2D eigenvalue weighted by molar-refractivity contribution is 6.03. The third kappa shape index (κ3) is 4.96. The van der Waals surface area contributed by atoms with Gasteiger partial charge in [0.05, 0.1) is 6.54 Å². The zero-order chi connectivity index (χ0) is 15.3. The number of hydrogen-bond donors (Lipinski definition) is 2. The Balaban J connectivity index is 3.17. The molecule has 0 aliphatic rings. The van der Waals surface area contributed by atoms with E-state index in [4.69, 9.17) is 11.1 Å². The molecule has 0 bridgehead atoms. The molecular formula is C16H23N3O. The van der Waals surface area contributed by atoms with Crippen LogP contribution in [-0.4, -0.2) is 23.9 Å². The fourth-order valence-corrected chi connectivity index (χ4v) is 1.99. The Bertz CT molecular complexity index is 545. The minimum Gasteiger partial charge on any atom is -0.386 e. The molecule has 0 aliphatic carbocycles. The molecule has 0 heterocycles. The number of carbonyl (C=O) groups is 1. The van der Waals surface area contributed by atoms with Crippen LogP contribution in [0.4, 0.5) is 0 Å². The number of nitrogens with two attached hydrogens (primary N) is 1. The van der Waals surface area contributed by atoms with E-state index in [2.05, 4.69) is 24.9 Å². The van der Waals surface area contributed by atoms with E-state index < -0.39 is 0 Å². The Morgan fingerprint density at radius 3 is 2.35 bits per heavy atom. The molecule has 0 saturated carbocycles. The molecule has 4 heteroatoms. The van der Waals surface area contributed by atoms with E-state index in [1.165, 1.54) is 0 Å². The number of aliphatic imine (C=N–C) groups is 1. The monoisotopic (exact) mass is 273 g/mol. The number of rotatable bonds is 6. The Kier molecular flexibility index (Phi) is 5.62. The van der Waals surface area contributed by atoms with E-state index in [0.717, 1.165) is 23.3 Å². The summed E-state index contributed by atoms with van der Waals surface area (Å²) < 4.78 is 0. The molecule has 3 N–H and O–H groups in total. The molecule has 0 amide bonds. The lowest BCUT2D eigenvalue weighted by molar-refractivity contribution is 0.101. The van der Waals surface area contributed by atoms with Gasteiger partial charge in [0.1, 0.15) is 5.84 Å². The largest absolute Gasteiger partial charge is 0.386 e. The molecule has 0 saturated heterocycles. The summed E-state index contributed by atoms with van der Waals surface area (Å²) in [7, 11) is 0. The second-order valence-electron chi connectivity index (χ2n) is 5.50. The van der Waals surface area contributed by atoms with E-state index in [-0.39, 0.29) is 18.2 Å². The highest BCUT2D eigenvalue weighted by Gasteiger charge is 2.08. The second-order valence-corrected chi connectivity index (χ2v) is 5.50. The molecule has 0 unspecified atom stereocenters. The molecule has 0 aliphatic heterocycles. The predicted octanol–water partition coefficient (Wildman–Crippen LogP) is 2.83. The Hall–Kier alpha value is -1.97. The standard InChI is InChI=1S/C16H23N3O/c1-10(2)5-13-6-14(8-15(7-13)12(4)20)11(3)19-9-16(17)18/h6-8,10H,5,9H2,1-4H3,(H3,17,18). The maximum Gasteiger partial charge on any atom is 0.159 e. The van der Waals surface area contributed by atoms with Crippen molar-refractivity contribution in [1.29, 1.82) is 5.41 Å². The summed E-state index contributed by atoms with van der Waals surface area (Å²) in [6.07, 6.45) is 0.925. The number of carbonyl (C=O) groups excluding carboxylic acids is 1. The van der Waals surface area contributed by atoms with Crippen molar-refractivity contribution in [2.75, 3.05) is 6.54 Å². The maximum atomic E-state index is 11.6. The van der Waals surface area contributed by atoms with Gasteiger partial charge in [0, 0.05) is 11.3 Å². The van der Waals surface area contributed by atoms with Gasteiger partial charge in [-0.05, 0) is 55.5 Å². The summed E-state index contributed by atoms with van der Waals surface area (Å²) in [6, 6.07) is 5.86. The average molecular weight is 273 g/mol. The normalized spacial score (nSPS) is 11.8. The van der Waals surface area contributed by atoms with Crippen molar-refractivity contribution in [3.63, 3.8) is 0 Å². The first-order valence-electron chi connectivity index (χ1n) is 6.78. The summed E-state index contributed by atoms with van der Waals surface area (Å²) in [4.78, 5) is 15.9. The molecule has 108 valence electrons. The average Bonchev–Trinajstić information content (AvgIpc) is 2.34. The van der Waals surface area contributed by atoms with Crippen LogP contribution in [0.15, 0.2) is 23.2 Å². The molecule has 20 heavy (non-hydrogen) atoms. The molecule has 0 fully saturated rings. The third-order valence-electron chi connectivity index (χ3n) is 2.95. The number of ketones is 1. The van der Waals surface area contributed by atoms with Gasteiger partial charge < -0.3 is 5.73 Å². The fraction of sp³-hybridized carbons (Fsp3) is 0.438. The SMILES string of the molecule is CC(=O)c1cc(CC(C)C)cc(C(C)=NCC(=N)N)c1. The molecular weight excluding hydrogens is 250 g/mol. The van der Waals surface area contributed by atoms with Crippen LogP contribution in [0.3, 0.4) is 0 Å². The molecule has 0 radical (unpaired) electrons. The van der Waals surface area contributed by atoms with Gasteiger partial charge in [-0.15, -0.1) is 0 Å². The first kappa shape index (κ1) is 16.1. The second kappa shape index (κ2) is 6.98. The molecule has 0 spiro atoms. The summed E-state index contributed by atoms with van der Waals surface area (Å²) in [5.41, 5.74) is 8.88. The van der Waals surface area contributed by atoms with Crippen molar-refractivity contribution in [2.45, 2.75) is 34.1 Å². The van der Waals surface area contributed by atoms with Gasteiger partial charge in [-0.3, -0.25) is 15.2 Å². The Morgan fingerprint density at radius 1 is 1.25 bits per heavy atom. The zero-order valence-electron chi connectivity index (χ0n) is 12.7. The summed E-state index contributed by atoms with van der Waals surface area (Å²) in [5, 5.41) is 7.21. The van der Waals surface area contributed by atoms with Gasteiger partial charge in [0.15, 0.2) is 5.78 Å². The van der Waals surface area contributed by atoms with Crippen molar-refractivity contribution in [2.24, 2.45) is 16.6 Å². The molecule has 1 rings (SSSR count). The lowest BCUT2D eigenvalue weighted by Crippen LogP contribution is -2.14. The number of benzene rings is 1. The first-order valence-corrected chi connectivity index (χ1v) is 6.78. The van der Waals surface area contributed by atoms with Crippen LogP contribution >= 0.6 is 0 Å². The number of nitrogens with zero attached hydrogens (tertiary/aromatic N) is 1. The van der Waals surface area contributed by atoms with Gasteiger partial charge >= 0.3 is 0 Å². The van der Waals surface area contributed by atoms with Crippen molar-refractivity contribution < 1.29 is 4.79 Å². The van der Waals surface area contributed by atoms with Crippen molar-refractivity contribution in [3.05, 3.63) is 34.9 Å². The van der Waals surface area contributed by atoms with Crippen LogP contribution in [0.25, 0.3) is 0 Å². The van der Waals surface area contributed by atoms with E-state index in [1.54, 1.807) is 6.92 Å². The lowest BCUT2D eigenvalue weighted by Gasteiger charge is -2.10. The van der Waals surface area contributed by atoms with Crippen molar-refractivity contribution >= 4 is 17.3 Å². The number of amidine groups is 1. The van der Waals surface area contributed by atoms with Crippen LogP contribution < -0.4 is 5.73 Å². The highest BCUT2D eigenvalue weighted by Crippen LogP contribution is 2.16. The Morgan fingerprint density at radius 2 is 1.85 bits per heavy atom. The van der Waals surface area contributed by atoms with Crippen LogP contribution in [0, 0.1) is 11.3 Å². The van der Waals surface area contributed by atoms with E-state index in [0.29, 0.717) is 11.5 Å². The number of hydrogen-bond acceptors (Lipinski definition) is 3. The summed E-state index contributed by atoms with van der Waals surface area (Å²) in [5.74, 6) is 0.616. The van der Waals surface area contributed by atoms with Gasteiger partial charge in [0.25, 0.3) is 0 Å². The predicted molar refractivity (Wildman–Crippen MR) is 84.0 cm³/mol. The quantitative estimate of drug-likeness (QED) is 0.475. The topological polar surface area (TPSA) is 79.3 Å². The van der Waals surface area contributed by atoms with Crippen molar-refractivity contribution in [1.82, 2.24) is 0 Å². The van der Waals surface area contributed by atoms with E-state index in [9.17, 15) is 4.79 Å². The molecule has 1 aromatic carbocycles. The summed E-state index contributed by atoms with van der Waals surface area (Å²) in [6.45, 7) is 7.94. The third-order valence-corrected chi connectivity index (χ3v) is 2.95. The molecule has 4 nitrogen and oxygen atoms in total. The maximum absolute atomic E-state index is 11.6. The molecule has 1 aromatic rings. The van der Waals surface area contributed by atoms with Gasteiger partial charge in [-0.2, -0.15) is 0 Å². The smallest absolute Gasteiger partial charge is 0.159 e. The summed E-state index contributed by atoms with van der Waals surface area (Å²) >= 11 is 0. The van der Waals surface area contributed by atoms with Gasteiger partial charge in [0.2, 0.25) is 0 Å².